The lowest BCUT2D eigenvalue weighted by molar-refractivity contribution is -0.136. The Labute approximate surface area is 105 Å². The summed E-state index contributed by atoms with van der Waals surface area (Å²) < 4.78 is 0. The molecule has 0 spiro atoms. The lowest BCUT2D eigenvalue weighted by Crippen LogP contribution is -2.37. The summed E-state index contributed by atoms with van der Waals surface area (Å²) in [7, 11) is 0. The van der Waals surface area contributed by atoms with Gasteiger partial charge in [-0.3, -0.25) is 19.3 Å². The molecule has 0 saturated carbocycles. The number of carbonyl (C=O) groups is 3. The lowest BCUT2D eigenvalue weighted by atomic mass is 10.1. The maximum Gasteiger partial charge on any atom is 0.319 e. The SMILES string of the molecule is O=C(O)C(Br)CN1C(=O)c2ccccc2C1=O. The predicted octanol–water partition coefficient (Wildman–Crippen LogP) is 1.13. The zero-order chi connectivity index (χ0) is 12.6. The maximum atomic E-state index is 11.9. The molecule has 1 heterocycles. The number of aliphatic carboxylic acids is 1. The third-order valence-corrected chi connectivity index (χ3v) is 3.17. The summed E-state index contributed by atoms with van der Waals surface area (Å²) in [5.41, 5.74) is 0.644. The van der Waals surface area contributed by atoms with Crippen LogP contribution in [0.1, 0.15) is 20.7 Å². The van der Waals surface area contributed by atoms with E-state index in [2.05, 4.69) is 15.9 Å². The molecule has 1 aliphatic rings. The number of benzene rings is 1. The minimum atomic E-state index is -1.11. The van der Waals surface area contributed by atoms with Gasteiger partial charge in [-0.1, -0.05) is 28.1 Å². The first kappa shape index (κ1) is 11.8. The molecular formula is C11H8BrNO4. The van der Waals surface area contributed by atoms with Crippen molar-refractivity contribution in [3.05, 3.63) is 35.4 Å². The Kier molecular flexibility index (Phi) is 2.97. The Hall–Kier alpha value is -1.69. The number of rotatable bonds is 3. The van der Waals surface area contributed by atoms with E-state index in [1.165, 1.54) is 0 Å². The van der Waals surface area contributed by atoms with Crippen molar-refractivity contribution in [2.75, 3.05) is 6.54 Å². The van der Waals surface area contributed by atoms with Crippen LogP contribution in [0.25, 0.3) is 0 Å². The minimum absolute atomic E-state index is 0.179. The summed E-state index contributed by atoms with van der Waals surface area (Å²) >= 11 is 2.91. The first-order valence-corrected chi connectivity index (χ1v) is 5.76. The molecule has 0 aliphatic carbocycles. The topological polar surface area (TPSA) is 74.7 Å². The average Bonchev–Trinajstić information content (AvgIpc) is 2.55. The third-order valence-electron chi connectivity index (χ3n) is 2.49. The highest BCUT2D eigenvalue weighted by molar-refractivity contribution is 9.10. The van der Waals surface area contributed by atoms with Gasteiger partial charge >= 0.3 is 5.97 Å². The second-order valence-corrected chi connectivity index (χ2v) is 4.68. The van der Waals surface area contributed by atoms with E-state index < -0.39 is 22.6 Å². The molecule has 0 aromatic heterocycles. The molecule has 2 rings (SSSR count). The highest BCUT2D eigenvalue weighted by atomic mass is 79.9. The summed E-state index contributed by atoms with van der Waals surface area (Å²) in [6, 6.07) is 6.44. The summed E-state index contributed by atoms with van der Waals surface area (Å²) in [6.07, 6.45) is 0. The molecular weight excluding hydrogens is 290 g/mol. The fraction of sp³-hybridized carbons (Fsp3) is 0.182. The van der Waals surface area contributed by atoms with E-state index in [0.29, 0.717) is 11.1 Å². The van der Waals surface area contributed by atoms with Crippen LogP contribution in [0.15, 0.2) is 24.3 Å². The average molecular weight is 298 g/mol. The summed E-state index contributed by atoms with van der Waals surface area (Å²) in [5.74, 6) is -2.01. The molecule has 0 bridgehead atoms. The fourth-order valence-electron chi connectivity index (χ4n) is 1.64. The van der Waals surface area contributed by atoms with Crippen LogP contribution >= 0.6 is 15.9 Å². The zero-order valence-corrected chi connectivity index (χ0v) is 10.2. The fourth-order valence-corrected chi connectivity index (χ4v) is 1.93. The molecule has 0 saturated heterocycles. The summed E-state index contributed by atoms with van der Waals surface area (Å²) in [5, 5.41) is 8.74. The van der Waals surface area contributed by atoms with Gasteiger partial charge in [0, 0.05) is 0 Å². The van der Waals surface area contributed by atoms with Crippen LogP contribution in [0.4, 0.5) is 0 Å². The van der Waals surface area contributed by atoms with Crippen molar-refractivity contribution in [2.45, 2.75) is 4.83 Å². The number of carboxylic acid groups (broad SMARTS) is 1. The number of hydrogen-bond acceptors (Lipinski definition) is 3. The van der Waals surface area contributed by atoms with Crippen LogP contribution < -0.4 is 0 Å². The van der Waals surface area contributed by atoms with E-state index >= 15 is 0 Å². The van der Waals surface area contributed by atoms with Gasteiger partial charge in [0.2, 0.25) is 0 Å². The number of alkyl halides is 1. The highest BCUT2D eigenvalue weighted by Crippen LogP contribution is 2.23. The van der Waals surface area contributed by atoms with Gasteiger partial charge in [-0.2, -0.15) is 0 Å². The van der Waals surface area contributed by atoms with Crippen molar-refractivity contribution in [3.63, 3.8) is 0 Å². The van der Waals surface area contributed by atoms with Crippen LogP contribution in [0, 0.1) is 0 Å². The number of halogens is 1. The maximum absolute atomic E-state index is 11.9. The molecule has 6 heteroatoms. The van der Waals surface area contributed by atoms with Crippen LogP contribution in [-0.2, 0) is 4.79 Å². The number of hydrogen-bond donors (Lipinski definition) is 1. The molecule has 1 aromatic carbocycles. The van der Waals surface area contributed by atoms with Crippen LogP contribution in [0.5, 0.6) is 0 Å². The van der Waals surface area contributed by atoms with Crippen LogP contribution in [0.2, 0.25) is 0 Å². The van der Waals surface area contributed by atoms with Crippen LogP contribution in [0.3, 0.4) is 0 Å². The Bertz CT molecular complexity index is 479. The third kappa shape index (κ3) is 1.95. The van der Waals surface area contributed by atoms with E-state index in [0.717, 1.165) is 4.90 Å². The Morgan fingerprint density at radius 2 is 1.71 bits per heavy atom. The highest BCUT2D eigenvalue weighted by Gasteiger charge is 2.36. The van der Waals surface area contributed by atoms with Gasteiger partial charge in [-0.15, -0.1) is 0 Å². The molecule has 1 aliphatic heterocycles. The van der Waals surface area contributed by atoms with Gasteiger partial charge in [0.05, 0.1) is 17.7 Å². The molecule has 1 aromatic rings. The Morgan fingerprint density at radius 3 is 2.12 bits per heavy atom. The van der Waals surface area contributed by atoms with Gasteiger partial charge in [0.15, 0.2) is 0 Å². The lowest BCUT2D eigenvalue weighted by Gasteiger charge is -2.15. The van der Waals surface area contributed by atoms with Gasteiger partial charge < -0.3 is 5.11 Å². The van der Waals surface area contributed by atoms with Gasteiger partial charge in [0.1, 0.15) is 4.83 Å². The smallest absolute Gasteiger partial charge is 0.319 e. The Morgan fingerprint density at radius 1 is 1.24 bits per heavy atom. The van der Waals surface area contributed by atoms with E-state index in [9.17, 15) is 14.4 Å². The van der Waals surface area contributed by atoms with Gasteiger partial charge in [-0.25, -0.2) is 0 Å². The predicted molar refractivity (Wildman–Crippen MR) is 62.2 cm³/mol. The Balaban J connectivity index is 2.27. The quantitative estimate of drug-likeness (QED) is 0.670. The second kappa shape index (κ2) is 4.29. The van der Waals surface area contributed by atoms with E-state index in [1.54, 1.807) is 24.3 Å². The number of amides is 2. The molecule has 5 nitrogen and oxygen atoms in total. The minimum Gasteiger partial charge on any atom is -0.480 e. The van der Waals surface area contributed by atoms with Crippen molar-refractivity contribution < 1.29 is 19.5 Å². The van der Waals surface area contributed by atoms with Gasteiger partial charge in [-0.05, 0) is 12.1 Å². The zero-order valence-electron chi connectivity index (χ0n) is 8.59. The standard InChI is InChI=1S/C11H8BrNO4/c12-8(11(16)17)5-13-9(14)6-3-1-2-4-7(6)10(13)15/h1-4,8H,5H2,(H,16,17). The number of nitrogens with zero attached hydrogens (tertiary/aromatic N) is 1. The molecule has 17 heavy (non-hydrogen) atoms. The summed E-state index contributed by atoms with van der Waals surface area (Å²) in [4.78, 5) is 34.4. The molecule has 1 N–H and O–H groups in total. The van der Waals surface area contributed by atoms with Crippen molar-refractivity contribution in [3.8, 4) is 0 Å². The summed E-state index contributed by atoms with van der Waals surface area (Å²) in [6.45, 7) is -0.179. The molecule has 2 amide bonds. The number of imide groups is 1. The first-order valence-electron chi connectivity index (χ1n) is 4.84. The first-order chi connectivity index (χ1) is 8.02. The van der Waals surface area contributed by atoms with Crippen molar-refractivity contribution in [2.24, 2.45) is 0 Å². The molecule has 1 atom stereocenters. The normalized spacial score (nSPS) is 15.9. The molecule has 1 unspecified atom stereocenters. The molecule has 0 fully saturated rings. The monoisotopic (exact) mass is 297 g/mol. The number of fused-ring (bicyclic) bond motifs is 1. The number of carbonyl (C=O) groups excluding carboxylic acids is 2. The van der Waals surface area contributed by atoms with Gasteiger partial charge in [0.25, 0.3) is 11.8 Å². The largest absolute Gasteiger partial charge is 0.480 e. The van der Waals surface area contributed by atoms with E-state index in [-0.39, 0.29) is 6.54 Å². The van der Waals surface area contributed by atoms with E-state index in [1.807, 2.05) is 0 Å². The van der Waals surface area contributed by atoms with Crippen molar-refractivity contribution >= 4 is 33.7 Å². The van der Waals surface area contributed by atoms with Crippen molar-refractivity contribution in [1.82, 2.24) is 4.90 Å². The number of carboxylic acids is 1. The molecule has 88 valence electrons. The second-order valence-electron chi connectivity index (χ2n) is 3.57. The van der Waals surface area contributed by atoms with Crippen molar-refractivity contribution in [1.29, 1.82) is 0 Å². The van der Waals surface area contributed by atoms with E-state index in [4.69, 9.17) is 5.11 Å². The molecule has 0 radical (unpaired) electrons. The van der Waals surface area contributed by atoms with Crippen LogP contribution in [-0.4, -0.2) is 39.2 Å².